The molecule has 0 atom stereocenters. The van der Waals surface area contributed by atoms with E-state index in [2.05, 4.69) is 0 Å². The van der Waals surface area contributed by atoms with Crippen molar-refractivity contribution in [3.8, 4) is 0 Å². The first-order valence-corrected chi connectivity index (χ1v) is 6.21. The molecule has 0 aromatic heterocycles. The number of benzene rings is 2. The van der Waals surface area contributed by atoms with Gasteiger partial charge in [0.25, 0.3) is 0 Å². The van der Waals surface area contributed by atoms with Crippen molar-refractivity contribution < 1.29 is 4.92 Å². The van der Waals surface area contributed by atoms with Crippen LogP contribution in [0.25, 0.3) is 6.08 Å². The topological polar surface area (TPSA) is 43.1 Å². The Balaban J connectivity index is 2.25. The number of nitro groups is 1. The molecule has 0 fully saturated rings. The van der Waals surface area contributed by atoms with Gasteiger partial charge in [0.1, 0.15) is 0 Å². The van der Waals surface area contributed by atoms with E-state index in [-0.39, 0.29) is 9.95 Å². The highest BCUT2D eigenvalue weighted by molar-refractivity contribution is 8.03. The minimum Gasteiger partial charge on any atom is -0.258 e. The van der Waals surface area contributed by atoms with Crippen LogP contribution in [0.15, 0.2) is 70.6 Å². The second-order valence-corrected chi connectivity index (χ2v) is 4.66. The van der Waals surface area contributed by atoms with E-state index in [1.54, 1.807) is 6.08 Å². The van der Waals surface area contributed by atoms with Gasteiger partial charge in [0.05, 0.1) is 4.92 Å². The lowest BCUT2D eigenvalue weighted by atomic mass is 10.2. The van der Waals surface area contributed by atoms with Gasteiger partial charge in [-0.25, -0.2) is 0 Å². The number of hydrogen-bond acceptors (Lipinski definition) is 3. The van der Waals surface area contributed by atoms with Gasteiger partial charge in [-0.15, -0.1) is 0 Å². The molecule has 0 radical (unpaired) electrons. The zero-order valence-electron chi connectivity index (χ0n) is 9.52. The highest BCUT2D eigenvalue weighted by Gasteiger charge is 2.12. The Kier molecular flexibility index (Phi) is 4.15. The molecule has 90 valence electrons. The predicted octanol–water partition coefficient (Wildman–Crippen LogP) is 4.05. The van der Waals surface area contributed by atoms with Gasteiger partial charge in [-0.05, 0) is 29.5 Å². The zero-order valence-corrected chi connectivity index (χ0v) is 10.3. The quantitative estimate of drug-likeness (QED) is 0.471. The first kappa shape index (κ1) is 12.4. The van der Waals surface area contributed by atoms with Crippen LogP contribution in [-0.4, -0.2) is 4.92 Å². The number of hydrogen-bond donors (Lipinski definition) is 0. The summed E-state index contributed by atoms with van der Waals surface area (Å²) in [6.45, 7) is 0. The fourth-order valence-electron chi connectivity index (χ4n) is 1.42. The monoisotopic (exact) mass is 257 g/mol. The molecule has 2 aromatic rings. The molecule has 0 unspecified atom stereocenters. The van der Waals surface area contributed by atoms with Crippen molar-refractivity contribution in [1.29, 1.82) is 0 Å². The van der Waals surface area contributed by atoms with Crippen molar-refractivity contribution in [3.05, 3.63) is 81.4 Å². The lowest BCUT2D eigenvalue weighted by Gasteiger charge is -1.99. The maximum atomic E-state index is 11.0. The van der Waals surface area contributed by atoms with Gasteiger partial charge in [0, 0.05) is 11.0 Å². The maximum absolute atomic E-state index is 11.0. The summed E-state index contributed by atoms with van der Waals surface area (Å²) in [4.78, 5) is 11.5. The van der Waals surface area contributed by atoms with E-state index >= 15 is 0 Å². The van der Waals surface area contributed by atoms with E-state index in [9.17, 15) is 10.1 Å². The Morgan fingerprint density at radius 2 is 1.56 bits per heavy atom. The zero-order chi connectivity index (χ0) is 12.8. The van der Waals surface area contributed by atoms with Crippen LogP contribution >= 0.6 is 11.8 Å². The van der Waals surface area contributed by atoms with Crippen LogP contribution in [0.5, 0.6) is 0 Å². The molecule has 0 heterocycles. The molecular formula is C14H11NO2S. The molecule has 0 spiro atoms. The van der Waals surface area contributed by atoms with Crippen molar-refractivity contribution in [2.75, 3.05) is 0 Å². The highest BCUT2D eigenvalue weighted by atomic mass is 32.2. The molecule has 0 saturated heterocycles. The molecule has 0 aliphatic rings. The number of thioether (sulfide) groups is 1. The highest BCUT2D eigenvalue weighted by Crippen LogP contribution is 2.28. The van der Waals surface area contributed by atoms with Gasteiger partial charge >= 0.3 is 5.03 Å². The molecule has 2 aromatic carbocycles. The van der Waals surface area contributed by atoms with E-state index in [1.165, 1.54) is 0 Å². The molecule has 0 amide bonds. The van der Waals surface area contributed by atoms with E-state index in [0.717, 1.165) is 22.2 Å². The number of rotatable bonds is 4. The van der Waals surface area contributed by atoms with Crippen molar-refractivity contribution >= 4 is 17.8 Å². The molecule has 0 aliphatic heterocycles. The molecule has 0 saturated carbocycles. The van der Waals surface area contributed by atoms with Crippen LogP contribution in [-0.2, 0) is 0 Å². The lowest BCUT2D eigenvalue weighted by Crippen LogP contribution is -1.94. The first-order chi connectivity index (χ1) is 8.75. The van der Waals surface area contributed by atoms with Crippen LogP contribution < -0.4 is 0 Å². The molecule has 0 aliphatic carbocycles. The summed E-state index contributed by atoms with van der Waals surface area (Å²) in [5.74, 6) is 0. The second kappa shape index (κ2) is 6.02. The van der Waals surface area contributed by atoms with Crippen molar-refractivity contribution in [1.82, 2.24) is 0 Å². The Hall–Kier alpha value is -2.07. The minimum absolute atomic E-state index is 0.118. The third-order valence-corrected chi connectivity index (χ3v) is 3.22. The lowest BCUT2D eigenvalue weighted by molar-refractivity contribution is -0.408. The average Bonchev–Trinajstić information content (AvgIpc) is 2.40. The third kappa shape index (κ3) is 3.46. The van der Waals surface area contributed by atoms with Crippen LogP contribution in [0, 0.1) is 10.1 Å². The van der Waals surface area contributed by atoms with Crippen LogP contribution in [0.2, 0.25) is 0 Å². The normalized spacial score (nSPS) is 11.2. The summed E-state index contributed by atoms with van der Waals surface area (Å²) in [6, 6.07) is 18.6. The van der Waals surface area contributed by atoms with Crippen LogP contribution in [0.4, 0.5) is 0 Å². The van der Waals surface area contributed by atoms with Crippen molar-refractivity contribution in [2.24, 2.45) is 0 Å². The average molecular weight is 257 g/mol. The summed E-state index contributed by atoms with van der Waals surface area (Å²) >= 11 is 1.15. The molecule has 2 rings (SSSR count). The Bertz CT molecular complexity index is 553. The summed E-state index contributed by atoms with van der Waals surface area (Å²) in [7, 11) is 0. The minimum atomic E-state index is -0.356. The maximum Gasteiger partial charge on any atom is 0.308 e. The summed E-state index contributed by atoms with van der Waals surface area (Å²) < 4.78 is 0. The van der Waals surface area contributed by atoms with Crippen molar-refractivity contribution in [2.45, 2.75) is 4.90 Å². The molecule has 18 heavy (non-hydrogen) atoms. The molecule has 3 nitrogen and oxygen atoms in total. The standard InChI is InChI=1S/C14H11NO2S/c16-15(17)14(11-12-7-3-1-4-8-12)18-13-9-5-2-6-10-13/h1-11H. The van der Waals surface area contributed by atoms with E-state index < -0.39 is 0 Å². The predicted molar refractivity (Wildman–Crippen MR) is 73.7 cm³/mol. The summed E-state index contributed by atoms with van der Waals surface area (Å²) in [5, 5.41) is 11.1. The SMILES string of the molecule is O=[N+]([O-])C(=Cc1ccccc1)Sc1ccccc1. The van der Waals surface area contributed by atoms with Gasteiger partial charge in [-0.3, -0.25) is 10.1 Å². The van der Waals surface area contributed by atoms with Crippen LogP contribution in [0.3, 0.4) is 0 Å². The molecule has 0 bridgehead atoms. The van der Waals surface area contributed by atoms with E-state index in [1.807, 2.05) is 60.7 Å². The van der Waals surface area contributed by atoms with Gasteiger partial charge in [0.15, 0.2) is 0 Å². The molecule has 0 N–H and O–H groups in total. The fraction of sp³-hybridized carbons (Fsp3) is 0. The Labute approximate surface area is 109 Å². The van der Waals surface area contributed by atoms with Gasteiger partial charge in [0.2, 0.25) is 0 Å². The fourth-order valence-corrected chi connectivity index (χ4v) is 2.22. The molecular weight excluding hydrogens is 246 g/mol. The second-order valence-electron chi connectivity index (χ2n) is 3.57. The largest absolute Gasteiger partial charge is 0.308 e. The summed E-state index contributed by atoms with van der Waals surface area (Å²) in [5.41, 5.74) is 0.827. The number of nitrogens with zero attached hydrogens (tertiary/aromatic N) is 1. The first-order valence-electron chi connectivity index (χ1n) is 5.40. The van der Waals surface area contributed by atoms with Crippen LogP contribution in [0.1, 0.15) is 5.56 Å². The van der Waals surface area contributed by atoms with Gasteiger partial charge < -0.3 is 0 Å². The van der Waals surface area contributed by atoms with Crippen molar-refractivity contribution in [3.63, 3.8) is 0 Å². The van der Waals surface area contributed by atoms with Gasteiger partial charge in [-0.2, -0.15) is 0 Å². The Morgan fingerprint density at radius 3 is 2.11 bits per heavy atom. The smallest absolute Gasteiger partial charge is 0.258 e. The van der Waals surface area contributed by atoms with E-state index in [0.29, 0.717) is 0 Å². The third-order valence-electron chi connectivity index (χ3n) is 2.24. The van der Waals surface area contributed by atoms with Gasteiger partial charge in [-0.1, -0.05) is 48.5 Å². The molecule has 4 heteroatoms. The Morgan fingerprint density at radius 1 is 1.00 bits per heavy atom. The summed E-state index contributed by atoms with van der Waals surface area (Å²) in [6.07, 6.45) is 1.58. The van der Waals surface area contributed by atoms with E-state index in [4.69, 9.17) is 0 Å².